The fourth-order valence-electron chi connectivity index (χ4n) is 7.17. The molecule has 7 rings (SSSR count). The van der Waals surface area contributed by atoms with Crippen molar-refractivity contribution in [3.63, 3.8) is 0 Å². The summed E-state index contributed by atoms with van der Waals surface area (Å²) >= 11 is 1.49. The summed E-state index contributed by atoms with van der Waals surface area (Å²) in [4.78, 5) is 14.0. The lowest BCUT2D eigenvalue weighted by Crippen LogP contribution is -2.44. The molecule has 0 fully saturated rings. The Kier molecular flexibility index (Phi) is 10.2. The smallest absolute Gasteiger partial charge is 0.246 e. The number of benzene rings is 2. The van der Waals surface area contributed by atoms with Crippen molar-refractivity contribution < 1.29 is 27.8 Å². The van der Waals surface area contributed by atoms with Gasteiger partial charge in [-0.15, -0.1) is 16.4 Å². The summed E-state index contributed by atoms with van der Waals surface area (Å²) in [5.41, 5.74) is 11.8. The molecule has 4 heterocycles. The van der Waals surface area contributed by atoms with Crippen LogP contribution in [0.15, 0.2) is 72.8 Å². The topological polar surface area (TPSA) is 110 Å². The van der Waals surface area contributed by atoms with Gasteiger partial charge in [-0.2, -0.15) is 5.10 Å². The van der Waals surface area contributed by atoms with Crippen LogP contribution in [0.5, 0.6) is 11.6 Å². The Morgan fingerprint density at radius 1 is 1.15 bits per heavy atom. The van der Waals surface area contributed by atoms with E-state index in [-0.39, 0.29) is 30.6 Å². The van der Waals surface area contributed by atoms with Gasteiger partial charge in [-0.05, 0) is 73.1 Å². The van der Waals surface area contributed by atoms with Gasteiger partial charge in [-0.25, -0.2) is 8.78 Å². The van der Waals surface area contributed by atoms with E-state index in [1.165, 1.54) is 23.5 Å². The van der Waals surface area contributed by atoms with Crippen LogP contribution in [-0.4, -0.2) is 62.3 Å². The van der Waals surface area contributed by atoms with E-state index in [0.29, 0.717) is 66.7 Å². The van der Waals surface area contributed by atoms with Crippen molar-refractivity contribution in [3.8, 4) is 11.6 Å². The molecule has 13 heteroatoms. The lowest BCUT2D eigenvalue weighted by Gasteiger charge is -2.32. The largest absolute Gasteiger partial charge is 0.489 e. The van der Waals surface area contributed by atoms with Gasteiger partial charge in [0.25, 0.3) is 0 Å². The fourth-order valence-corrected chi connectivity index (χ4v) is 8.24. The average Bonchev–Trinajstić information content (AvgIpc) is 3.90. The van der Waals surface area contributed by atoms with E-state index >= 15 is 4.39 Å². The van der Waals surface area contributed by atoms with E-state index in [0.717, 1.165) is 38.0 Å². The van der Waals surface area contributed by atoms with Crippen LogP contribution in [0.4, 0.5) is 8.78 Å². The van der Waals surface area contributed by atoms with Crippen LogP contribution in [-0.2, 0) is 36.1 Å². The molecule has 0 saturated heterocycles. The van der Waals surface area contributed by atoms with Crippen LogP contribution >= 0.6 is 11.3 Å². The number of halogens is 2. The zero-order valence-electron chi connectivity index (χ0n) is 30.1. The van der Waals surface area contributed by atoms with Gasteiger partial charge in [0.1, 0.15) is 30.1 Å². The van der Waals surface area contributed by atoms with Gasteiger partial charge in [0.15, 0.2) is 0 Å². The number of amides is 1. The van der Waals surface area contributed by atoms with Crippen molar-refractivity contribution in [2.75, 3.05) is 19.8 Å². The van der Waals surface area contributed by atoms with Gasteiger partial charge < -0.3 is 24.8 Å². The molecule has 2 aliphatic rings. The number of aryl methyl sites for hydroxylation is 1. The van der Waals surface area contributed by atoms with Crippen molar-refractivity contribution in [2.24, 2.45) is 18.7 Å². The molecule has 0 radical (unpaired) electrons. The van der Waals surface area contributed by atoms with Crippen molar-refractivity contribution >= 4 is 39.4 Å². The number of rotatable bonds is 11. The Labute approximate surface area is 310 Å². The number of ether oxygens (including phenoxy) is 3. The number of carbonyl (C=O) groups is 1. The number of fused-ring (bicyclic) bond motifs is 3. The second kappa shape index (κ2) is 15.0. The van der Waals surface area contributed by atoms with E-state index in [1.54, 1.807) is 9.58 Å². The third kappa shape index (κ3) is 7.36. The van der Waals surface area contributed by atoms with E-state index < -0.39 is 11.6 Å². The van der Waals surface area contributed by atoms with Crippen molar-refractivity contribution in [1.29, 1.82) is 0 Å². The second-order valence-corrected chi connectivity index (χ2v) is 14.6. The fraction of sp³-hybridized carbons (Fsp3) is 0.325. The molecular weight excluding hydrogens is 699 g/mol. The first-order valence-corrected chi connectivity index (χ1v) is 18.4. The summed E-state index contributed by atoms with van der Waals surface area (Å²) in [6.45, 7) is 11.5. The first-order valence-electron chi connectivity index (χ1n) is 17.6. The maximum Gasteiger partial charge on any atom is 0.246 e. The van der Waals surface area contributed by atoms with Crippen LogP contribution in [0, 0.1) is 17.6 Å². The third-order valence-electron chi connectivity index (χ3n) is 9.63. The Morgan fingerprint density at radius 3 is 2.77 bits per heavy atom. The Morgan fingerprint density at radius 2 is 1.96 bits per heavy atom. The maximum atomic E-state index is 15.2. The minimum Gasteiger partial charge on any atom is -0.489 e. The van der Waals surface area contributed by atoms with Gasteiger partial charge in [-0.1, -0.05) is 19.6 Å². The summed E-state index contributed by atoms with van der Waals surface area (Å²) in [7, 11) is 1.86. The minimum absolute atomic E-state index is 0.00749. The highest BCUT2D eigenvalue weighted by atomic mass is 32.1. The summed E-state index contributed by atoms with van der Waals surface area (Å²) in [6, 6.07) is 10.0. The Hall–Kier alpha value is -5.27. The molecule has 1 aliphatic carbocycles. The molecule has 3 aromatic heterocycles. The van der Waals surface area contributed by atoms with Gasteiger partial charge in [-0.3, -0.25) is 14.2 Å². The zero-order chi connectivity index (χ0) is 37.4. The molecule has 1 aliphatic heterocycles. The van der Waals surface area contributed by atoms with Gasteiger partial charge >= 0.3 is 0 Å². The normalized spacial score (nSPS) is 19.0. The van der Waals surface area contributed by atoms with Crippen LogP contribution in [0.25, 0.3) is 22.2 Å². The van der Waals surface area contributed by atoms with E-state index in [4.69, 9.17) is 19.9 Å². The quantitative estimate of drug-likeness (QED) is 0.116. The highest BCUT2D eigenvalue weighted by Crippen LogP contribution is 2.37. The summed E-state index contributed by atoms with van der Waals surface area (Å²) in [5, 5.41) is 12.7. The maximum absolute atomic E-state index is 15.2. The lowest BCUT2D eigenvalue weighted by molar-refractivity contribution is -0.129. The Bertz CT molecular complexity index is 2360. The third-order valence-corrected chi connectivity index (χ3v) is 10.6. The van der Waals surface area contributed by atoms with Crippen LogP contribution < -0.4 is 25.0 Å². The summed E-state index contributed by atoms with van der Waals surface area (Å²) in [5.74, 6) is -0.180. The van der Waals surface area contributed by atoms with Crippen LogP contribution in [0.1, 0.15) is 43.2 Å². The van der Waals surface area contributed by atoms with Crippen molar-refractivity contribution in [3.05, 3.63) is 117 Å². The van der Waals surface area contributed by atoms with Crippen LogP contribution in [0.2, 0.25) is 0 Å². The van der Waals surface area contributed by atoms with Crippen molar-refractivity contribution in [2.45, 2.75) is 52.4 Å². The molecule has 53 heavy (non-hydrogen) atoms. The molecule has 276 valence electrons. The zero-order valence-corrected chi connectivity index (χ0v) is 31.0. The monoisotopic (exact) mass is 740 g/mol. The van der Waals surface area contributed by atoms with E-state index in [1.807, 2.05) is 80.5 Å². The van der Waals surface area contributed by atoms with Gasteiger partial charge in [0.05, 0.1) is 43.2 Å². The lowest BCUT2D eigenvalue weighted by atomic mass is 10.00. The molecule has 0 bridgehead atoms. The predicted molar refractivity (Wildman–Crippen MR) is 201 cm³/mol. The minimum atomic E-state index is -0.570. The SMILES string of the molecule is C=CC(=O)N1Cc2cc(O[C@@H](C)COC/C=C/COc3cc4nn(C)cc4cc3/C(N)=c3\ccs\c3=C3/c4c(F)cc(F)cc4CC3C)nn2CC1C. The standard InChI is InChI=1S/C40H42F2N6O4S/c1-6-36(49)47-21-29-17-35(45-48(29)19-24(47)3)52-25(4)22-50-10-7-8-11-51-34-18-33-27(20-46(5)44-33)15-31(34)39(43)30-9-12-53-40(30)37-23(2)13-26-14-28(41)16-32(42)38(26)37/h6-9,12,14-18,20,23-25H,1,10-11,13,19,21-22,43H2,2-5H3/b8-7+,39-30-,40-37-/t23?,24?,25-/m0/s1. The van der Waals surface area contributed by atoms with Crippen LogP contribution in [0.3, 0.4) is 0 Å². The molecule has 0 saturated carbocycles. The van der Waals surface area contributed by atoms with E-state index in [9.17, 15) is 9.18 Å². The molecule has 2 N–H and O–H groups in total. The Balaban J connectivity index is 1.03. The molecule has 3 atom stereocenters. The van der Waals surface area contributed by atoms with E-state index in [2.05, 4.69) is 16.8 Å². The molecule has 5 aromatic rings. The van der Waals surface area contributed by atoms with Gasteiger partial charge in [0, 0.05) is 63.7 Å². The number of hydrogen-bond donors (Lipinski definition) is 1. The second-order valence-electron chi connectivity index (χ2n) is 13.7. The van der Waals surface area contributed by atoms with Crippen molar-refractivity contribution in [1.82, 2.24) is 24.5 Å². The molecule has 2 unspecified atom stereocenters. The number of nitrogens with two attached hydrogens (primary N) is 1. The number of hydrogen-bond acceptors (Lipinski definition) is 8. The molecule has 10 nitrogen and oxygen atoms in total. The molecule has 2 aromatic carbocycles. The summed E-state index contributed by atoms with van der Waals surface area (Å²) < 4.78 is 51.8. The number of thiophene rings is 1. The summed E-state index contributed by atoms with van der Waals surface area (Å²) in [6.07, 6.45) is 7.32. The first-order chi connectivity index (χ1) is 25.5. The molecule has 0 spiro atoms. The average molecular weight is 741 g/mol. The highest BCUT2D eigenvalue weighted by molar-refractivity contribution is 7.07. The number of aromatic nitrogens is 4. The van der Waals surface area contributed by atoms with Gasteiger partial charge in [0.2, 0.25) is 11.8 Å². The number of nitrogens with zero attached hydrogens (tertiary/aromatic N) is 5. The number of carbonyl (C=O) groups excluding carboxylic acids is 1. The first kappa shape index (κ1) is 36.1. The predicted octanol–water partition coefficient (Wildman–Crippen LogP) is 4.95. The molecular formula is C40H42F2N6O4S. The molecule has 1 amide bonds. The highest BCUT2D eigenvalue weighted by Gasteiger charge is 2.30.